The molecule has 3 rings (SSSR count). The van der Waals surface area contributed by atoms with E-state index in [9.17, 15) is 0 Å². The number of nitrogens with one attached hydrogen (secondary N) is 1. The average molecular weight is 339 g/mol. The molecule has 1 saturated heterocycles. The zero-order valence-corrected chi connectivity index (χ0v) is 13.7. The van der Waals surface area contributed by atoms with Crippen LogP contribution in [0.4, 0.5) is 0 Å². The van der Waals surface area contributed by atoms with Crippen LogP contribution in [0.5, 0.6) is 5.75 Å². The molecule has 0 aromatic heterocycles. The van der Waals surface area contributed by atoms with E-state index in [1.807, 2.05) is 0 Å². The van der Waals surface area contributed by atoms with Gasteiger partial charge in [-0.25, -0.2) is 0 Å². The molecule has 1 fully saturated rings. The van der Waals surface area contributed by atoms with Crippen LogP contribution in [-0.2, 0) is 13.0 Å². The van der Waals surface area contributed by atoms with Gasteiger partial charge < -0.3 is 15.0 Å². The number of benzene rings is 1. The molecule has 1 atom stereocenters. The zero-order valence-electron chi connectivity index (χ0n) is 12.1. The Balaban J connectivity index is 1.65. The number of rotatable bonds is 4. The van der Waals surface area contributed by atoms with E-state index in [-0.39, 0.29) is 0 Å². The Labute approximate surface area is 129 Å². The van der Waals surface area contributed by atoms with Crippen molar-refractivity contribution in [1.29, 1.82) is 0 Å². The fourth-order valence-electron chi connectivity index (χ4n) is 3.34. The molecule has 2 aliphatic rings. The Morgan fingerprint density at radius 3 is 3.15 bits per heavy atom. The van der Waals surface area contributed by atoms with Gasteiger partial charge in [-0.2, -0.15) is 0 Å². The van der Waals surface area contributed by atoms with E-state index < -0.39 is 0 Å². The second-order valence-electron chi connectivity index (χ2n) is 6.06. The van der Waals surface area contributed by atoms with Crippen molar-refractivity contribution in [3.8, 4) is 5.75 Å². The van der Waals surface area contributed by atoms with E-state index in [1.54, 1.807) is 0 Å². The van der Waals surface area contributed by atoms with Crippen molar-refractivity contribution in [3.05, 3.63) is 27.7 Å². The third-order valence-corrected chi connectivity index (χ3v) is 4.69. The Kier molecular flexibility index (Phi) is 4.64. The first-order valence-corrected chi connectivity index (χ1v) is 8.35. The fraction of sp³-hybridized carbons (Fsp3) is 0.625. The van der Waals surface area contributed by atoms with Crippen molar-refractivity contribution in [1.82, 2.24) is 10.2 Å². The summed E-state index contributed by atoms with van der Waals surface area (Å²) in [6.07, 6.45) is 3.70. The molecule has 1 unspecified atom stereocenters. The van der Waals surface area contributed by atoms with Crippen molar-refractivity contribution < 1.29 is 4.74 Å². The first-order valence-electron chi connectivity index (χ1n) is 7.56. The van der Waals surface area contributed by atoms with Crippen molar-refractivity contribution >= 4 is 15.9 Å². The maximum absolute atomic E-state index is 5.82. The maximum atomic E-state index is 5.82. The lowest BCUT2D eigenvalue weighted by Crippen LogP contribution is -2.36. The number of nitrogens with zero attached hydrogens (tertiary/aromatic N) is 1. The lowest BCUT2D eigenvalue weighted by molar-refractivity contribution is 0.234. The molecule has 20 heavy (non-hydrogen) atoms. The molecule has 0 saturated carbocycles. The minimum Gasteiger partial charge on any atom is -0.493 e. The van der Waals surface area contributed by atoms with Gasteiger partial charge in [0.15, 0.2) is 0 Å². The molecule has 1 N–H and O–H groups in total. The molecule has 3 nitrogen and oxygen atoms in total. The number of piperidine rings is 1. The first kappa shape index (κ1) is 14.4. The molecule has 0 amide bonds. The van der Waals surface area contributed by atoms with E-state index >= 15 is 0 Å². The summed E-state index contributed by atoms with van der Waals surface area (Å²) in [5.74, 6) is 1.91. The highest BCUT2D eigenvalue weighted by Crippen LogP contribution is 2.33. The normalized spacial score (nSPS) is 21.9. The maximum Gasteiger partial charge on any atom is 0.127 e. The summed E-state index contributed by atoms with van der Waals surface area (Å²) >= 11 is 3.62. The van der Waals surface area contributed by atoms with Gasteiger partial charge in [0.25, 0.3) is 0 Å². The zero-order chi connectivity index (χ0) is 13.9. The number of hydrogen-bond donors (Lipinski definition) is 1. The van der Waals surface area contributed by atoms with Gasteiger partial charge in [-0.1, -0.05) is 15.9 Å². The highest BCUT2D eigenvalue weighted by atomic mass is 79.9. The molecule has 2 aliphatic heterocycles. The molecule has 1 aromatic carbocycles. The Bertz CT molecular complexity index is 472. The number of fused-ring (bicyclic) bond motifs is 1. The van der Waals surface area contributed by atoms with E-state index in [4.69, 9.17) is 4.74 Å². The third kappa shape index (κ3) is 3.35. The molecule has 0 radical (unpaired) electrons. The lowest BCUT2D eigenvalue weighted by atomic mass is 9.99. The standard InChI is InChI=1S/C16H23BrN2O/c1-19(10-12-3-2-5-18-9-12)11-14-8-15(17)7-13-4-6-20-16(13)14/h7-8,12,18H,2-6,9-11H2,1H3. The quantitative estimate of drug-likeness (QED) is 0.913. The van der Waals surface area contributed by atoms with Crippen molar-refractivity contribution in [2.24, 2.45) is 5.92 Å². The minimum absolute atomic E-state index is 0.787. The highest BCUT2D eigenvalue weighted by Gasteiger charge is 2.20. The predicted octanol–water partition coefficient (Wildman–Crippen LogP) is 2.82. The summed E-state index contributed by atoms with van der Waals surface area (Å²) in [5.41, 5.74) is 2.67. The van der Waals surface area contributed by atoms with Crippen LogP contribution in [0.15, 0.2) is 16.6 Å². The van der Waals surface area contributed by atoms with E-state index in [2.05, 4.69) is 45.3 Å². The van der Waals surface area contributed by atoms with Gasteiger partial charge in [0, 0.05) is 29.5 Å². The molecule has 1 aromatic rings. The highest BCUT2D eigenvalue weighted by molar-refractivity contribution is 9.10. The number of ether oxygens (including phenoxy) is 1. The van der Waals surface area contributed by atoms with Gasteiger partial charge in [-0.05, 0) is 56.6 Å². The number of hydrogen-bond acceptors (Lipinski definition) is 3. The average Bonchev–Trinajstić information content (AvgIpc) is 2.88. The van der Waals surface area contributed by atoms with Gasteiger partial charge in [-0.3, -0.25) is 0 Å². The van der Waals surface area contributed by atoms with Crippen LogP contribution in [0, 0.1) is 5.92 Å². The molecule has 2 heterocycles. The van der Waals surface area contributed by atoms with Crippen LogP contribution in [0.3, 0.4) is 0 Å². The molecule has 0 bridgehead atoms. The Hall–Kier alpha value is -0.580. The second kappa shape index (κ2) is 6.46. The van der Waals surface area contributed by atoms with E-state index in [0.717, 1.165) is 44.3 Å². The third-order valence-electron chi connectivity index (χ3n) is 4.23. The predicted molar refractivity (Wildman–Crippen MR) is 85.3 cm³/mol. The summed E-state index contributed by atoms with van der Waals surface area (Å²) in [6.45, 7) is 5.31. The summed E-state index contributed by atoms with van der Waals surface area (Å²) in [5, 5.41) is 3.50. The smallest absolute Gasteiger partial charge is 0.127 e. The van der Waals surface area contributed by atoms with Crippen LogP contribution in [-0.4, -0.2) is 38.2 Å². The van der Waals surface area contributed by atoms with Gasteiger partial charge in [0.2, 0.25) is 0 Å². The molecule has 4 heteroatoms. The van der Waals surface area contributed by atoms with Crippen molar-refractivity contribution in [2.75, 3.05) is 33.3 Å². The topological polar surface area (TPSA) is 24.5 Å². The van der Waals surface area contributed by atoms with Crippen molar-refractivity contribution in [3.63, 3.8) is 0 Å². The minimum atomic E-state index is 0.787. The van der Waals surface area contributed by atoms with Crippen LogP contribution >= 0.6 is 15.9 Å². The van der Waals surface area contributed by atoms with Crippen LogP contribution < -0.4 is 10.1 Å². The molecule has 0 aliphatic carbocycles. The van der Waals surface area contributed by atoms with Gasteiger partial charge >= 0.3 is 0 Å². The van der Waals surface area contributed by atoms with Crippen LogP contribution in [0.25, 0.3) is 0 Å². The van der Waals surface area contributed by atoms with E-state index in [0.29, 0.717) is 0 Å². The molecular weight excluding hydrogens is 316 g/mol. The summed E-state index contributed by atoms with van der Waals surface area (Å²) in [7, 11) is 2.22. The van der Waals surface area contributed by atoms with Gasteiger partial charge in [-0.15, -0.1) is 0 Å². The summed E-state index contributed by atoms with van der Waals surface area (Å²) < 4.78 is 6.99. The molecule has 110 valence electrons. The molecular formula is C16H23BrN2O. The van der Waals surface area contributed by atoms with Gasteiger partial charge in [0.05, 0.1) is 6.61 Å². The summed E-state index contributed by atoms with van der Waals surface area (Å²) in [6, 6.07) is 4.40. The van der Waals surface area contributed by atoms with Crippen LogP contribution in [0.2, 0.25) is 0 Å². The summed E-state index contributed by atoms with van der Waals surface area (Å²) in [4.78, 5) is 2.43. The van der Waals surface area contributed by atoms with E-state index in [1.165, 1.54) is 35.0 Å². The largest absolute Gasteiger partial charge is 0.493 e. The van der Waals surface area contributed by atoms with Crippen LogP contribution in [0.1, 0.15) is 24.0 Å². The Morgan fingerprint density at radius 2 is 2.35 bits per heavy atom. The lowest BCUT2D eigenvalue weighted by Gasteiger charge is -2.28. The second-order valence-corrected chi connectivity index (χ2v) is 6.98. The molecule has 0 spiro atoms. The fourth-order valence-corrected chi connectivity index (χ4v) is 3.89. The number of halogens is 1. The Morgan fingerprint density at radius 1 is 1.45 bits per heavy atom. The first-order chi connectivity index (χ1) is 9.72. The van der Waals surface area contributed by atoms with Crippen molar-refractivity contribution in [2.45, 2.75) is 25.8 Å². The SMILES string of the molecule is CN(Cc1cc(Br)cc2c1OCC2)CC1CCCNC1. The van der Waals surface area contributed by atoms with Gasteiger partial charge in [0.1, 0.15) is 5.75 Å². The monoisotopic (exact) mass is 338 g/mol.